The van der Waals surface area contributed by atoms with E-state index in [2.05, 4.69) is 5.32 Å². The number of rotatable bonds is 2. The fraction of sp³-hybridized carbons (Fsp3) is 0. The van der Waals surface area contributed by atoms with E-state index < -0.39 is 17.5 Å². The third-order valence-electron chi connectivity index (χ3n) is 2.44. The quantitative estimate of drug-likeness (QED) is 0.899. The molecule has 2 rings (SSSR count). The zero-order valence-electron chi connectivity index (χ0n) is 9.65. The summed E-state index contributed by atoms with van der Waals surface area (Å²) in [5, 5.41) is 11.0. The highest BCUT2D eigenvalue weighted by molar-refractivity contribution is 6.04. The molecule has 0 aromatic heterocycles. The standard InChI is InChI=1S/C14H8F2N2O/c15-10-2-4-11(5-3-10)18-14(19)12-6-1-9(8-17)7-13(12)16/h1-7H,(H,18,19). The monoisotopic (exact) mass is 258 g/mol. The SMILES string of the molecule is N#Cc1ccc(C(=O)Nc2ccc(F)cc2)c(F)c1. The Morgan fingerprint density at radius 1 is 1.11 bits per heavy atom. The lowest BCUT2D eigenvalue weighted by Crippen LogP contribution is -2.13. The van der Waals surface area contributed by atoms with Crippen LogP contribution in [0.3, 0.4) is 0 Å². The number of nitrogens with one attached hydrogen (secondary N) is 1. The zero-order valence-corrected chi connectivity index (χ0v) is 9.65. The summed E-state index contributed by atoms with van der Waals surface area (Å²) < 4.78 is 26.3. The van der Waals surface area contributed by atoms with Gasteiger partial charge >= 0.3 is 0 Å². The Hall–Kier alpha value is -2.74. The molecule has 0 unspecified atom stereocenters. The highest BCUT2D eigenvalue weighted by Crippen LogP contribution is 2.14. The van der Waals surface area contributed by atoms with Gasteiger partial charge in [0.2, 0.25) is 0 Å². The molecule has 2 aromatic carbocycles. The third kappa shape index (κ3) is 2.93. The van der Waals surface area contributed by atoms with Crippen LogP contribution in [0.5, 0.6) is 0 Å². The number of carbonyl (C=O) groups is 1. The molecule has 5 heteroatoms. The number of benzene rings is 2. The first-order valence-electron chi connectivity index (χ1n) is 5.37. The van der Waals surface area contributed by atoms with Crippen LogP contribution >= 0.6 is 0 Å². The van der Waals surface area contributed by atoms with Gasteiger partial charge in [-0.15, -0.1) is 0 Å². The number of anilines is 1. The van der Waals surface area contributed by atoms with Crippen LogP contribution in [0.2, 0.25) is 0 Å². The zero-order chi connectivity index (χ0) is 13.8. The van der Waals surface area contributed by atoms with Crippen molar-refractivity contribution in [1.29, 1.82) is 5.26 Å². The normalized spacial score (nSPS) is 9.74. The lowest BCUT2D eigenvalue weighted by atomic mass is 10.1. The molecule has 0 spiro atoms. The van der Waals surface area contributed by atoms with Crippen LogP contribution in [0.4, 0.5) is 14.5 Å². The molecule has 0 atom stereocenters. The number of halogens is 2. The number of amides is 1. The van der Waals surface area contributed by atoms with E-state index in [0.29, 0.717) is 5.69 Å². The summed E-state index contributed by atoms with van der Waals surface area (Å²) in [5.41, 5.74) is 0.314. The van der Waals surface area contributed by atoms with Crippen molar-refractivity contribution in [3.8, 4) is 6.07 Å². The Labute approximate surface area is 108 Å². The minimum absolute atomic E-state index is 0.135. The molecule has 0 radical (unpaired) electrons. The van der Waals surface area contributed by atoms with E-state index in [1.54, 1.807) is 6.07 Å². The van der Waals surface area contributed by atoms with Crippen LogP contribution < -0.4 is 5.32 Å². The van der Waals surface area contributed by atoms with E-state index in [1.807, 2.05) is 0 Å². The number of carbonyl (C=O) groups excluding carboxylic acids is 1. The van der Waals surface area contributed by atoms with Crippen molar-refractivity contribution >= 4 is 11.6 Å². The van der Waals surface area contributed by atoms with Gasteiger partial charge in [0.25, 0.3) is 5.91 Å². The summed E-state index contributed by atoms with van der Waals surface area (Å²) in [6.45, 7) is 0. The molecule has 2 aromatic rings. The Balaban J connectivity index is 2.21. The molecule has 94 valence electrons. The van der Waals surface area contributed by atoms with Gasteiger partial charge in [-0.25, -0.2) is 8.78 Å². The van der Waals surface area contributed by atoms with Gasteiger partial charge in [0.1, 0.15) is 11.6 Å². The molecule has 0 aliphatic carbocycles. The van der Waals surface area contributed by atoms with Crippen LogP contribution in [0.15, 0.2) is 42.5 Å². The van der Waals surface area contributed by atoms with E-state index in [1.165, 1.54) is 36.4 Å². The fourth-order valence-electron chi connectivity index (χ4n) is 1.50. The van der Waals surface area contributed by atoms with Crippen molar-refractivity contribution < 1.29 is 13.6 Å². The van der Waals surface area contributed by atoms with Gasteiger partial charge in [-0.1, -0.05) is 0 Å². The number of nitrogens with zero attached hydrogens (tertiary/aromatic N) is 1. The van der Waals surface area contributed by atoms with Crippen molar-refractivity contribution in [3.05, 3.63) is 65.2 Å². The van der Waals surface area contributed by atoms with Crippen LogP contribution in [0.1, 0.15) is 15.9 Å². The Kier molecular flexibility index (Phi) is 3.53. The van der Waals surface area contributed by atoms with Crippen molar-refractivity contribution in [2.75, 3.05) is 5.32 Å². The topological polar surface area (TPSA) is 52.9 Å². The van der Waals surface area contributed by atoms with Gasteiger partial charge in [-0.2, -0.15) is 5.26 Å². The highest BCUT2D eigenvalue weighted by atomic mass is 19.1. The summed E-state index contributed by atoms with van der Waals surface area (Å²) in [5.74, 6) is -1.87. The third-order valence-corrected chi connectivity index (χ3v) is 2.44. The second-order valence-corrected chi connectivity index (χ2v) is 3.77. The molecule has 0 saturated carbocycles. The molecule has 0 saturated heterocycles. The first-order valence-corrected chi connectivity index (χ1v) is 5.37. The van der Waals surface area contributed by atoms with Gasteiger partial charge in [-0.3, -0.25) is 4.79 Å². The van der Waals surface area contributed by atoms with Crippen LogP contribution in [-0.4, -0.2) is 5.91 Å². The van der Waals surface area contributed by atoms with Crippen molar-refractivity contribution in [2.24, 2.45) is 0 Å². The second-order valence-electron chi connectivity index (χ2n) is 3.77. The van der Waals surface area contributed by atoms with Gasteiger partial charge in [0.15, 0.2) is 0 Å². The molecule has 3 nitrogen and oxygen atoms in total. The molecule has 1 amide bonds. The molecule has 0 fully saturated rings. The lowest BCUT2D eigenvalue weighted by molar-refractivity contribution is 0.102. The predicted octanol–water partition coefficient (Wildman–Crippen LogP) is 3.09. The molecule has 0 bridgehead atoms. The minimum Gasteiger partial charge on any atom is -0.322 e. The molecule has 0 heterocycles. The maximum absolute atomic E-state index is 13.6. The average Bonchev–Trinajstić information content (AvgIpc) is 2.41. The van der Waals surface area contributed by atoms with E-state index in [9.17, 15) is 13.6 Å². The van der Waals surface area contributed by atoms with Crippen molar-refractivity contribution in [1.82, 2.24) is 0 Å². The summed E-state index contributed by atoms with van der Waals surface area (Å²) in [4.78, 5) is 11.8. The van der Waals surface area contributed by atoms with Gasteiger partial charge < -0.3 is 5.32 Å². The largest absolute Gasteiger partial charge is 0.322 e. The Bertz CT molecular complexity index is 660. The first kappa shape index (κ1) is 12.7. The fourth-order valence-corrected chi connectivity index (χ4v) is 1.50. The highest BCUT2D eigenvalue weighted by Gasteiger charge is 2.12. The van der Waals surface area contributed by atoms with E-state index in [4.69, 9.17) is 5.26 Å². The predicted molar refractivity (Wildman–Crippen MR) is 65.5 cm³/mol. The van der Waals surface area contributed by atoms with Crippen LogP contribution in [-0.2, 0) is 0 Å². The van der Waals surface area contributed by atoms with Crippen molar-refractivity contribution in [3.63, 3.8) is 0 Å². The molecule has 0 aliphatic rings. The maximum atomic E-state index is 13.6. The number of hydrogen-bond donors (Lipinski definition) is 1. The summed E-state index contributed by atoms with van der Waals surface area (Å²) in [6.07, 6.45) is 0. The molecule has 1 N–H and O–H groups in total. The summed E-state index contributed by atoms with van der Waals surface area (Å²) in [6, 6.07) is 10.5. The van der Waals surface area contributed by atoms with Crippen LogP contribution in [0.25, 0.3) is 0 Å². The van der Waals surface area contributed by atoms with E-state index >= 15 is 0 Å². The van der Waals surface area contributed by atoms with E-state index in [-0.39, 0.29) is 11.1 Å². The van der Waals surface area contributed by atoms with Crippen LogP contribution in [0, 0.1) is 23.0 Å². The maximum Gasteiger partial charge on any atom is 0.258 e. The number of hydrogen-bond acceptors (Lipinski definition) is 2. The lowest BCUT2D eigenvalue weighted by Gasteiger charge is -2.06. The molecular weight excluding hydrogens is 250 g/mol. The molecule has 0 aliphatic heterocycles. The van der Waals surface area contributed by atoms with Gasteiger partial charge in [-0.05, 0) is 42.5 Å². The summed E-state index contributed by atoms with van der Waals surface area (Å²) >= 11 is 0. The van der Waals surface area contributed by atoms with Crippen molar-refractivity contribution in [2.45, 2.75) is 0 Å². The Morgan fingerprint density at radius 3 is 2.37 bits per heavy atom. The smallest absolute Gasteiger partial charge is 0.258 e. The summed E-state index contributed by atoms with van der Waals surface area (Å²) in [7, 11) is 0. The first-order chi connectivity index (χ1) is 9.10. The van der Waals surface area contributed by atoms with Gasteiger partial charge in [0, 0.05) is 5.69 Å². The molecule has 19 heavy (non-hydrogen) atoms. The Morgan fingerprint density at radius 2 is 1.79 bits per heavy atom. The van der Waals surface area contributed by atoms with Gasteiger partial charge in [0.05, 0.1) is 17.2 Å². The second kappa shape index (κ2) is 5.27. The minimum atomic E-state index is -0.779. The van der Waals surface area contributed by atoms with E-state index in [0.717, 1.165) is 6.07 Å². The average molecular weight is 258 g/mol. The molecular formula is C14H8F2N2O. The number of nitriles is 1.